The zero-order valence-electron chi connectivity index (χ0n) is 13.9. The van der Waals surface area contributed by atoms with Gasteiger partial charge in [-0.2, -0.15) is 0 Å². The van der Waals surface area contributed by atoms with E-state index in [1.165, 1.54) is 10.8 Å². The lowest BCUT2D eigenvalue weighted by molar-refractivity contribution is 0.311. The Morgan fingerprint density at radius 2 is 1.75 bits per heavy atom. The van der Waals surface area contributed by atoms with E-state index >= 15 is 0 Å². The molecule has 2 N–H and O–H groups in total. The summed E-state index contributed by atoms with van der Waals surface area (Å²) in [5.41, 5.74) is 0. The monoisotopic (exact) mass is 445 g/mol. The van der Waals surface area contributed by atoms with Crippen LogP contribution in [0, 0.1) is 0 Å². The number of hydrogen-bond acceptors (Lipinski definition) is 2. The van der Waals surface area contributed by atoms with E-state index in [1.807, 2.05) is 18.2 Å². The summed E-state index contributed by atoms with van der Waals surface area (Å²) < 4.78 is 17.8. The maximum absolute atomic E-state index is 12.0. The van der Waals surface area contributed by atoms with E-state index < -0.39 is 0 Å². The molecular formula is C18H25FIN3O. The molecule has 0 heterocycles. The minimum Gasteiger partial charge on any atom is -0.494 e. The van der Waals surface area contributed by atoms with Crippen LogP contribution >= 0.6 is 24.0 Å². The first kappa shape index (κ1) is 20.5. The number of alkyl halides is 1. The van der Waals surface area contributed by atoms with E-state index in [9.17, 15) is 4.39 Å². The van der Waals surface area contributed by atoms with Crippen molar-refractivity contribution in [3.63, 3.8) is 0 Å². The Hall–Kier alpha value is -1.57. The summed E-state index contributed by atoms with van der Waals surface area (Å²) in [5.74, 6) is 1.58. The molecule has 0 spiro atoms. The predicted octanol–water partition coefficient (Wildman–Crippen LogP) is 3.75. The maximum atomic E-state index is 12.0. The Labute approximate surface area is 159 Å². The minimum atomic E-state index is -0.316. The van der Waals surface area contributed by atoms with Gasteiger partial charge in [0.15, 0.2) is 5.96 Å². The van der Waals surface area contributed by atoms with Crippen LogP contribution in [-0.2, 0) is 0 Å². The molecule has 0 saturated carbocycles. The van der Waals surface area contributed by atoms with Gasteiger partial charge in [0.05, 0.1) is 13.3 Å². The van der Waals surface area contributed by atoms with Gasteiger partial charge in [-0.3, -0.25) is 9.38 Å². The lowest BCUT2D eigenvalue weighted by Crippen LogP contribution is -2.38. The maximum Gasteiger partial charge on any atom is 0.190 e. The Kier molecular flexibility index (Phi) is 10.1. The van der Waals surface area contributed by atoms with Gasteiger partial charge < -0.3 is 15.4 Å². The molecule has 24 heavy (non-hydrogen) atoms. The highest BCUT2D eigenvalue weighted by atomic mass is 127. The molecule has 2 rings (SSSR count). The fourth-order valence-electron chi connectivity index (χ4n) is 2.22. The van der Waals surface area contributed by atoms with Gasteiger partial charge in [-0.25, -0.2) is 0 Å². The summed E-state index contributed by atoms with van der Waals surface area (Å²) in [7, 11) is 1.70. The Balaban J connectivity index is 0.00000288. The third-order valence-electron chi connectivity index (χ3n) is 3.43. The highest BCUT2D eigenvalue weighted by Crippen LogP contribution is 2.20. The molecule has 0 radical (unpaired) electrons. The smallest absolute Gasteiger partial charge is 0.190 e. The summed E-state index contributed by atoms with van der Waals surface area (Å²) >= 11 is 0. The SMILES string of the molecule is CN=C(NCCCF)NCCCOc1ccc2ccccc2c1.I. The van der Waals surface area contributed by atoms with Crippen molar-refractivity contribution in [3.05, 3.63) is 42.5 Å². The van der Waals surface area contributed by atoms with Crippen LogP contribution in [0.1, 0.15) is 12.8 Å². The summed E-state index contributed by atoms with van der Waals surface area (Å²) in [6.07, 6.45) is 1.35. The molecule has 0 bridgehead atoms. The summed E-state index contributed by atoms with van der Waals surface area (Å²) in [4.78, 5) is 4.08. The van der Waals surface area contributed by atoms with Gasteiger partial charge in [0.25, 0.3) is 0 Å². The highest BCUT2D eigenvalue weighted by molar-refractivity contribution is 14.0. The van der Waals surface area contributed by atoms with Crippen molar-refractivity contribution < 1.29 is 9.13 Å². The van der Waals surface area contributed by atoms with Crippen LogP contribution in [0.4, 0.5) is 4.39 Å². The molecule has 6 heteroatoms. The normalized spacial score (nSPS) is 11.0. The number of ether oxygens (including phenoxy) is 1. The first-order chi connectivity index (χ1) is 11.3. The number of guanidine groups is 1. The molecule has 2 aromatic rings. The summed E-state index contributed by atoms with van der Waals surface area (Å²) in [6, 6.07) is 14.3. The second kappa shape index (κ2) is 11.9. The first-order valence-corrected chi connectivity index (χ1v) is 7.95. The molecule has 0 aromatic heterocycles. The van der Waals surface area contributed by atoms with Crippen molar-refractivity contribution in [2.75, 3.05) is 33.4 Å². The molecule has 0 atom stereocenters. The van der Waals surface area contributed by atoms with Gasteiger partial charge in [-0.15, -0.1) is 24.0 Å². The molecular weight excluding hydrogens is 420 g/mol. The van der Waals surface area contributed by atoms with Crippen molar-refractivity contribution >= 4 is 40.7 Å². The molecule has 132 valence electrons. The molecule has 4 nitrogen and oxygen atoms in total. The average molecular weight is 445 g/mol. The van der Waals surface area contributed by atoms with Crippen LogP contribution < -0.4 is 15.4 Å². The van der Waals surface area contributed by atoms with Gasteiger partial charge in [0.1, 0.15) is 5.75 Å². The molecule has 0 aliphatic carbocycles. The van der Waals surface area contributed by atoms with Crippen LogP contribution in [0.5, 0.6) is 5.75 Å². The van der Waals surface area contributed by atoms with Crippen LogP contribution in [-0.4, -0.2) is 39.4 Å². The van der Waals surface area contributed by atoms with E-state index in [0.717, 1.165) is 18.7 Å². The van der Waals surface area contributed by atoms with Crippen LogP contribution in [0.2, 0.25) is 0 Å². The van der Waals surface area contributed by atoms with E-state index in [-0.39, 0.29) is 30.7 Å². The molecule has 2 aromatic carbocycles. The second-order valence-corrected chi connectivity index (χ2v) is 5.18. The van der Waals surface area contributed by atoms with Crippen molar-refractivity contribution in [1.29, 1.82) is 0 Å². The number of aliphatic imine (C=N–C) groups is 1. The molecule has 0 unspecified atom stereocenters. The van der Waals surface area contributed by atoms with Crippen molar-refractivity contribution in [2.24, 2.45) is 4.99 Å². The zero-order chi connectivity index (χ0) is 16.3. The number of fused-ring (bicyclic) bond motifs is 1. The molecule has 0 fully saturated rings. The lowest BCUT2D eigenvalue weighted by Gasteiger charge is -2.12. The second-order valence-electron chi connectivity index (χ2n) is 5.18. The van der Waals surface area contributed by atoms with Gasteiger partial charge in [0.2, 0.25) is 0 Å². The number of benzene rings is 2. The molecule has 0 aliphatic heterocycles. The van der Waals surface area contributed by atoms with E-state index in [0.29, 0.717) is 25.5 Å². The molecule has 0 aliphatic rings. The third-order valence-corrected chi connectivity index (χ3v) is 3.43. The average Bonchev–Trinajstić information content (AvgIpc) is 2.60. The zero-order valence-corrected chi connectivity index (χ0v) is 16.3. The molecule has 0 saturated heterocycles. The van der Waals surface area contributed by atoms with E-state index in [4.69, 9.17) is 4.74 Å². The van der Waals surface area contributed by atoms with Gasteiger partial charge in [0, 0.05) is 20.1 Å². The lowest BCUT2D eigenvalue weighted by atomic mass is 10.1. The quantitative estimate of drug-likeness (QED) is 0.282. The summed E-state index contributed by atoms with van der Waals surface area (Å²) in [5, 5.41) is 8.63. The Morgan fingerprint density at radius 1 is 1.04 bits per heavy atom. The number of hydrogen-bond donors (Lipinski definition) is 2. The third kappa shape index (κ3) is 6.90. The Morgan fingerprint density at radius 3 is 2.46 bits per heavy atom. The highest BCUT2D eigenvalue weighted by Gasteiger charge is 1.99. The fourth-order valence-corrected chi connectivity index (χ4v) is 2.22. The number of halogens is 2. The summed E-state index contributed by atoms with van der Waals surface area (Å²) in [6.45, 7) is 1.66. The first-order valence-electron chi connectivity index (χ1n) is 7.95. The van der Waals surface area contributed by atoms with Crippen LogP contribution in [0.15, 0.2) is 47.5 Å². The fraction of sp³-hybridized carbons (Fsp3) is 0.389. The van der Waals surface area contributed by atoms with E-state index in [2.05, 4.69) is 39.9 Å². The van der Waals surface area contributed by atoms with Gasteiger partial charge in [-0.05, 0) is 35.7 Å². The largest absolute Gasteiger partial charge is 0.494 e. The van der Waals surface area contributed by atoms with Gasteiger partial charge >= 0.3 is 0 Å². The van der Waals surface area contributed by atoms with Gasteiger partial charge in [-0.1, -0.05) is 30.3 Å². The van der Waals surface area contributed by atoms with Crippen LogP contribution in [0.3, 0.4) is 0 Å². The minimum absolute atomic E-state index is 0. The predicted molar refractivity (Wildman–Crippen MR) is 109 cm³/mol. The van der Waals surface area contributed by atoms with E-state index in [1.54, 1.807) is 7.05 Å². The van der Waals surface area contributed by atoms with Crippen molar-refractivity contribution in [2.45, 2.75) is 12.8 Å². The standard InChI is InChI=1S/C18H24FN3O.HI/c1-20-18(21-11-4-10-19)22-12-5-13-23-17-9-8-15-6-2-3-7-16(15)14-17;/h2-3,6-9,14H,4-5,10-13H2,1H3,(H2,20,21,22);1H. The van der Waals surface area contributed by atoms with Crippen LogP contribution in [0.25, 0.3) is 10.8 Å². The molecule has 0 amide bonds. The number of rotatable bonds is 8. The number of nitrogens with zero attached hydrogens (tertiary/aromatic N) is 1. The van der Waals surface area contributed by atoms with Crippen molar-refractivity contribution in [3.8, 4) is 5.75 Å². The Bertz CT molecular complexity index is 636. The van der Waals surface area contributed by atoms with Crippen molar-refractivity contribution in [1.82, 2.24) is 10.6 Å². The number of nitrogens with one attached hydrogen (secondary N) is 2. The topological polar surface area (TPSA) is 45.7 Å².